The Hall–Kier alpha value is -11.3. The molecule has 0 N–H and O–H groups in total. The average molecular weight is 1410 g/mol. The summed E-state index contributed by atoms with van der Waals surface area (Å²) in [5, 5.41) is 15.3. The molecule has 3 saturated carbocycles. The Morgan fingerprint density at radius 1 is 0.211 bits per heavy atom. The third-order valence-corrected chi connectivity index (χ3v) is 29.7. The minimum absolute atomic E-state index is 0.00721. The van der Waals surface area contributed by atoms with Gasteiger partial charge in [0.2, 0.25) is 0 Å². The van der Waals surface area contributed by atoms with Crippen molar-refractivity contribution in [2.45, 2.75) is 151 Å². The summed E-state index contributed by atoms with van der Waals surface area (Å²) in [5.74, 6) is 0. The van der Waals surface area contributed by atoms with Gasteiger partial charge in [-0.25, -0.2) is 0 Å². The molecule has 3 aliphatic heterocycles. The molecule has 6 aliphatic rings. The zero-order valence-corrected chi connectivity index (χ0v) is 63.6. The van der Waals surface area contributed by atoms with Crippen LogP contribution in [0.1, 0.15) is 135 Å². The second-order valence-corrected chi connectivity index (χ2v) is 34.6. The quantitative estimate of drug-likeness (QED) is 0.133. The molecule has 16 aromatic carbocycles. The smallest absolute Gasteiger partial charge is 0.0517 e. The van der Waals surface area contributed by atoms with E-state index in [2.05, 4.69) is 353 Å². The summed E-state index contributed by atoms with van der Waals surface area (Å²) in [6.45, 7) is 15.3. The van der Waals surface area contributed by atoms with Crippen LogP contribution in [-0.4, -0.2) is 16.6 Å². The van der Waals surface area contributed by atoms with Crippen LogP contribution in [0, 0.1) is 0 Å². The van der Waals surface area contributed by atoms with Gasteiger partial charge in [-0.15, -0.1) is 0 Å². The van der Waals surface area contributed by atoms with Crippen molar-refractivity contribution in [2.75, 3.05) is 14.7 Å². The first kappa shape index (κ1) is 64.9. The highest BCUT2D eigenvalue weighted by Crippen LogP contribution is 2.65. The summed E-state index contributed by atoms with van der Waals surface area (Å²) in [4.78, 5) is 8.10. The Kier molecular flexibility index (Phi) is 14.1. The fourth-order valence-electron chi connectivity index (χ4n) is 23.6. The lowest BCUT2D eigenvalue weighted by Crippen LogP contribution is -2.54. The van der Waals surface area contributed by atoms with E-state index in [-0.39, 0.29) is 32.9 Å². The van der Waals surface area contributed by atoms with Crippen molar-refractivity contribution in [3.8, 4) is 66.8 Å². The van der Waals surface area contributed by atoms with E-state index in [0.717, 1.165) is 0 Å². The van der Waals surface area contributed by atoms with Crippen molar-refractivity contribution >= 4 is 98.8 Å². The molecule has 3 nitrogen and oxygen atoms in total. The van der Waals surface area contributed by atoms with E-state index < -0.39 is 0 Å². The van der Waals surface area contributed by atoms with Crippen LogP contribution >= 0.6 is 0 Å². The molecule has 22 rings (SSSR count). The Morgan fingerprint density at radius 3 is 0.853 bits per heavy atom. The fourth-order valence-corrected chi connectivity index (χ4v) is 23.6. The number of para-hydroxylation sites is 3. The minimum atomic E-state index is -0.0357. The highest BCUT2D eigenvalue weighted by molar-refractivity contribution is 6.32. The summed E-state index contributed by atoms with van der Waals surface area (Å²) < 4.78 is 0. The first-order chi connectivity index (χ1) is 53.3. The van der Waals surface area contributed by atoms with Crippen molar-refractivity contribution in [3.05, 3.63) is 314 Å². The Labute approximate surface area is 641 Å². The molecule has 3 heteroatoms. The predicted molar refractivity (Wildman–Crippen MR) is 464 cm³/mol. The molecule has 6 atom stereocenters. The van der Waals surface area contributed by atoms with Crippen LogP contribution in [0.5, 0.6) is 0 Å². The topological polar surface area (TPSA) is 9.72 Å². The lowest BCUT2D eigenvalue weighted by atomic mass is 9.61. The molecule has 3 fully saturated rings. The molecule has 109 heavy (non-hydrogen) atoms. The highest BCUT2D eigenvalue weighted by atomic mass is 15.3. The van der Waals surface area contributed by atoms with Gasteiger partial charge in [-0.05, 0) is 286 Å². The molecule has 0 spiro atoms. The van der Waals surface area contributed by atoms with Gasteiger partial charge < -0.3 is 14.7 Å². The zero-order valence-electron chi connectivity index (χ0n) is 63.6. The van der Waals surface area contributed by atoms with E-state index in [9.17, 15) is 0 Å². The first-order valence-electron chi connectivity index (χ1n) is 40.6. The summed E-state index contributed by atoms with van der Waals surface area (Å²) in [6.07, 6.45) is 14.5. The number of hydrogen-bond acceptors (Lipinski definition) is 3. The van der Waals surface area contributed by atoms with Crippen molar-refractivity contribution < 1.29 is 0 Å². The van der Waals surface area contributed by atoms with Crippen LogP contribution in [0.15, 0.2) is 297 Å². The van der Waals surface area contributed by atoms with Gasteiger partial charge >= 0.3 is 0 Å². The maximum absolute atomic E-state index is 2.70. The Morgan fingerprint density at radius 2 is 0.495 bits per heavy atom. The van der Waals surface area contributed by atoms with Crippen molar-refractivity contribution in [3.63, 3.8) is 0 Å². The molecule has 16 aromatic rings. The summed E-state index contributed by atoms with van der Waals surface area (Å²) in [5.41, 5.74) is 27.5. The monoisotopic (exact) mass is 1410 g/mol. The van der Waals surface area contributed by atoms with Gasteiger partial charge in [0.05, 0.1) is 16.6 Å². The van der Waals surface area contributed by atoms with Gasteiger partial charge in [0.1, 0.15) is 0 Å². The number of anilines is 6. The standard InChI is InChI=1S/C106H91N3/c1-101-58-16-19-61-104(101,4)107(72-28-10-7-11-29-72)96-55-48-69(64-93(96)101)75-34-22-40-81-78(75)37-25-43-84(81)87-51-46-68-47-52-89-91(85-44-26-38-79-76(35-23-41-82(79)85)70-49-56-97-94(65-70)102(2)59-17-20-62-105(102,5)108(97)73-30-12-8-13-31-73)67-92(90-54-53-88(87)99(68)100(89)90)86-45-27-39-80-77(36-24-42-83(80)86)71-50-57-98-95(66-71)103(3)60-18-21-63-106(103,6)109(98)74-32-14-9-15-33-74/h7-15,22-57,64-67H,16-21,58-63H2,1-6H3. The van der Waals surface area contributed by atoms with Crippen molar-refractivity contribution in [1.82, 2.24) is 0 Å². The number of benzene rings is 16. The van der Waals surface area contributed by atoms with Crippen LogP contribution in [0.3, 0.4) is 0 Å². The van der Waals surface area contributed by atoms with E-state index in [4.69, 9.17) is 0 Å². The largest absolute Gasteiger partial charge is 0.334 e. The average Bonchev–Trinajstić information content (AvgIpc) is 1.50. The molecular formula is C106H91N3. The van der Waals surface area contributed by atoms with Gasteiger partial charge in [0.15, 0.2) is 0 Å². The molecule has 6 unspecified atom stereocenters. The molecule has 0 radical (unpaired) electrons. The van der Waals surface area contributed by atoms with Gasteiger partial charge in [0, 0.05) is 50.4 Å². The Balaban J connectivity index is 0.734. The van der Waals surface area contributed by atoms with Crippen LogP contribution in [0.25, 0.3) is 131 Å². The van der Waals surface area contributed by atoms with Crippen LogP contribution < -0.4 is 14.7 Å². The van der Waals surface area contributed by atoms with Gasteiger partial charge in [0.25, 0.3) is 0 Å². The van der Waals surface area contributed by atoms with Crippen molar-refractivity contribution in [1.29, 1.82) is 0 Å². The normalized spacial score (nSPS) is 23.4. The summed E-state index contributed by atoms with van der Waals surface area (Å²) >= 11 is 0. The third kappa shape index (κ3) is 8.88. The van der Waals surface area contributed by atoms with Crippen LogP contribution in [0.4, 0.5) is 34.1 Å². The van der Waals surface area contributed by atoms with Gasteiger partial charge in [-0.1, -0.05) is 278 Å². The maximum atomic E-state index is 2.70. The number of rotatable bonds is 9. The highest BCUT2D eigenvalue weighted by Gasteiger charge is 2.60. The minimum Gasteiger partial charge on any atom is -0.334 e. The first-order valence-corrected chi connectivity index (χ1v) is 40.6. The molecule has 0 saturated heterocycles. The lowest BCUT2D eigenvalue weighted by molar-refractivity contribution is 0.195. The van der Waals surface area contributed by atoms with Gasteiger partial charge in [-0.3, -0.25) is 0 Å². The molecule has 0 amide bonds. The molecule has 0 bridgehead atoms. The summed E-state index contributed by atoms with van der Waals surface area (Å²) in [7, 11) is 0. The second-order valence-electron chi connectivity index (χ2n) is 34.6. The SMILES string of the molecule is CC12CCCCC1(C)N(c1ccccc1)c1ccc(-c3cccc4c(-c5ccc6ccc7c(-c8cccc9c(-c%10ccc%11c(c%10)C%10(C)CCCCC%10(C)N%11c%10ccccc%10)cccc89)cc(-c8cccc9c(-c%10ccc%11c(c%10)C%10(C)CCCCC%10(C)N%11c%10ccccc%10)cccc89)c8ccc5c6c78)cccc34)cc12. The lowest BCUT2D eigenvalue weighted by Gasteiger charge is -2.50. The molecule has 530 valence electrons. The Bertz CT molecular complexity index is 6220. The summed E-state index contributed by atoms with van der Waals surface area (Å²) in [6, 6.07) is 116. The fraction of sp³-hybridized carbons (Fsp3) is 0.226. The van der Waals surface area contributed by atoms with Gasteiger partial charge in [-0.2, -0.15) is 0 Å². The second kappa shape index (κ2) is 23.6. The molecule has 0 aromatic heterocycles. The number of nitrogens with zero attached hydrogens (tertiary/aromatic N) is 3. The molecule has 3 heterocycles. The van der Waals surface area contributed by atoms with Crippen LogP contribution in [-0.2, 0) is 16.2 Å². The van der Waals surface area contributed by atoms with E-state index in [1.165, 1.54) is 259 Å². The predicted octanol–water partition coefficient (Wildman–Crippen LogP) is 29.3. The number of hydrogen-bond donors (Lipinski definition) is 0. The van der Waals surface area contributed by atoms with Crippen molar-refractivity contribution in [2.24, 2.45) is 0 Å². The van der Waals surface area contributed by atoms with E-state index >= 15 is 0 Å². The van der Waals surface area contributed by atoms with E-state index in [1.54, 1.807) is 0 Å². The number of fused-ring (bicyclic) bond motifs is 12. The van der Waals surface area contributed by atoms with E-state index in [0.29, 0.717) is 0 Å². The van der Waals surface area contributed by atoms with Crippen LogP contribution in [0.2, 0.25) is 0 Å². The third-order valence-electron chi connectivity index (χ3n) is 29.7. The molecule has 3 aliphatic carbocycles. The molecular weight excluding hydrogens is 1320 g/mol. The van der Waals surface area contributed by atoms with E-state index in [1.807, 2.05) is 0 Å². The zero-order chi connectivity index (χ0) is 72.9. The maximum Gasteiger partial charge on any atom is 0.0517 e.